The van der Waals surface area contributed by atoms with Gasteiger partial charge >= 0.3 is 6.18 Å². The Morgan fingerprint density at radius 3 is 2.26 bits per heavy atom. The van der Waals surface area contributed by atoms with E-state index in [1.54, 1.807) is 0 Å². The van der Waals surface area contributed by atoms with Crippen molar-refractivity contribution in [3.8, 4) is 0 Å². The highest BCUT2D eigenvalue weighted by atomic mass is 19.4. The molecule has 2 aromatic carbocycles. The van der Waals surface area contributed by atoms with E-state index in [1.807, 2.05) is 0 Å². The Kier molecular flexibility index (Phi) is 3.63. The number of nitrogens with one attached hydrogen (secondary N) is 1. The van der Waals surface area contributed by atoms with Gasteiger partial charge in [0.1, 0.15) is 11.3 Å². The summed E-state index contributed by atoms with van der Waals surface area (Å²) in [5, 5.41) is 3.04. The first-order valence-electron chi connectivity index (χ1n) is 6.52. The second-order valence-electron chi connectivity index (χ2n) is 4.84. The van der Waals surface area contributed by atoms with Crippen molar-refractivity contribution >= 4 is 22.3 Å². The van der Waals surface area contributed by atoms with E-state index in [0.29, 0.717) is 11.4 Å². The Hall–Kier alpha value is -2.70. The number of nitrogens with zero attached hydrogens (tertiary/aromatic N) is 1. The van der Waals surface area contributed by atoms with Crippen molar-refractivity contribution in [3.05, 3.63) is 65.9 Å². The number of hydrogen-bond acceptors (Lipinski definition) is 2. The number of rotatable bonds is 2. The monoisotopic (exact) mass is 324 g/mol. The molecule has 0 saturated heterocycles. The highest BCUT2D eigenvalue weighted by Gasteiger charge is 2.29. The summed E-state index contributed by atoms with van der Waals surface area (Å²) in [4.78, 5) is 3.84. The first kappa shape index (κ1) is 15.2. The minimum Gasteiger partial charge on any atom is -0.355 e. The first-order valence-corrected chi connectivity index (χ1v) is 6.52. The molecular formula is C16H9F5N2. The molecule has 1 aromatic heterocycles. The SMILES string of the molecule is Fc1cc(F)c2nccc(Nc3ccc(C(F)(F)F)cc3)c2c1. The molecule has 0 amide bonds. The predicted octanol–water partition coefficient (Wildman–Crippen LogP) is 5.28. The zero-order valence-corrected chi connectivity index (χ0v) is 11.5. The van der Waals surface area contributed by atoms with Gasteiger partial charge in [-0.2, -0.15) is 13.2 Å². The van der Waals surface area contributed by atoms with E-state index in [0.717, 1.165) is 24.3 Å². The van der Waals surface area contributed by atoms with Crippen LogP contribution in [0.3, 0.4) is 0 Å². The van der Waals surface area contributed by atoms with E-state index >= 15 is 0 Å². The van der Waals surface area contributed by atoms with Crippen molar-refractivity contribution < 1.29 is 22.0 Å². The van der Waals surface area contributed by atoms with Gasteiger partial charge in [-0.3, -0.25) is 4.98 Å². The van der Waals surface area contributed by atoms with Crippen LogP contribution in [0.15, 0.2) is 48.7 Å². The van der Waals surface area contributed by atoms with Gasteiger partial charge in [0.15, 0.2) is 5.82 Å². The Morgan fingerprint density at radius 1 is 0.913 bits per heavy atom. The number of benzene rings is 2. The molecule has 0 unspecified atom stereocenters. The van der Waals surface area contributed by atoms with Crippen molar-refractivity contribution in [3.63, 3.8) is 0 Å². The molecule has 0 bridgehead atoms. The van der Waals surface area contributed by atoms with Crippen molar-refractivity contribution in [2.45, 2.75) is 6.18 Å². The molecule has 3 aromatic rings. The summed E-state index contributed by atoms with van der Waals surface area (Å²) >= 11 is 0. The molecule has 0 saturated carbocycles. The lowest BCUT2D eigenvalue weighted by Crippen LogP contribution is -2.04. The molecule has 0 spiro atoms. The fourth-order valence-corrected chi connectivity index (χ4v) is 2.19. The van der Waals surface area contributed by atoms with E-state index < -0.39 is 23.4 Å². The topological polar surface area (TPSA) is 24.9 Å². The maximum Gasteiger partial charge on any atom is 0.416 e. The van der Waals surface area contributed by atoms with Crippen LogP contribution in [-0.4, -0.2) is 4.98 Å². The third-order valence-electron chi connectivity index (χ3n) is 3.25. The fraction of sp³-hybridized carbons (Fsp3) is 0.0625. The van der Waals surface area contributed by atoms with Crippen molar-refractivity contribution in [1.29, 1.82) is 0 Å². The molecule has 0 radical (unpaired) electrons. The molecule has 2 nitrogen and oxygen atoms in total. The van der Waals surface area contributed by atoms with E-state index in [1.165, 1.54) is 24.4 Å². The van der Waals surface area contributed by atoms with Gasteiger partial charge in [-0.1, -0.05) is 0 Å². The third-order valence-corrected chi connectivity index (χ3v) is 3.25. The van der Waals surface area contributed by atoms with E-state index in [4.69, 9.17) is 0 Å². The second-order valence-corrected chi connectivity index (χ2v) is 4.84. The number of halogens is 5. The summed E-state index contributed by atoms with van der Waals surface area (Å²) in [7, 11) is 0. The molecule has 0 atom stereocenters. The zero-order chi connectivity index (χ0) is 16.6. The molecule has 0 aliphatic rings. The highest BCUT2D eigenvalue weighted by Crippen LogP contribution is 2.31. The van der Waals surface area contributed by atoms with E-state index in [2.05, 4.69) is 10.3 Å². The molecule has 118 valence electrons. The fourth-order valence-electron chi connectivity index (χ4n) is 2.19. The summed E-state index contributed by atoms with van der Waals surface area (Å²) < 4.78 is 64.7. The number of aromatic nitrogens is 1. The van der Waals surface area contributed by atoms with Crippen LogP contribution in [0, 0.1) is 11.6 Å². The Labute approximate surface area is 127 Å². The Bertz CT molecular complexity index is 857. The van der Waals surface area contributed by atoms with Crippen molar-refractivity contribution in [1.82, 2.24) is 4.98 Å². The number of hydrogen-bond donors (Lipinski definition) is 1. The van der Waals surface area contributed by atoms with Gasteiger partial charge in [0, 0.05) is 29.0 Å². The van der Waals surface area contributed by atoms with Crippen molar-refractivity contribution in [2.75, 3.05) is 5.32 Å². The van der Waals surface area contributed by atoms with Crippen LogP contribution in [0.2, 0.25) is 0 Å². The maximum absolute atomic E-state index is 13.7. The standard InChI is InChI=1S/C16H9F5N2/c17-10-7-12-14(5-6-22-15(12)13(18)8-10)23-11-3-1-9(2-4-11)16(19,20)21/h1-8H,(H,22,23). The lowest BCUT2D eigenvalue weighted by Gasteiger charge is -2.11. The minimum absolute atomic E-state index is 0.0247. The van der Waals surface area contributed by atoms with Crippen LogP contribution in [0.5, 0.6) is 0 Å². The van der Waals surface area contributed by atoms with Gasteiger partial charge in [-0.25, -0.2) is 8.78 Å². The number of alkyl halides is 3. The van der Waals surface area contributed by atoms with Gasteiger partial charge < -0.3 is 5.32 Å². The summed E-state index contributed by atoms with van der Waals surface area (Å²) in [5.41, 5.74) is -0.105. The summed E-state index contributed by atoms with van der Waals surface area (Å²) in [6.07, 6.45) is -3.09. The summed E-state index contributed by atoms with van der Waals surface area (Å²) in [6, 6.07) is 7.64. The Morgan fingerprint density at radius 2 is 1.61 bits per heavy atom. The van der Waals surface area contributed by atoms with Gasteiger partial charge in [0.2, 0.25) is 0 Å². The minimum atomic E-state index is -4.42. The lowest BCUT2D eigenvalue weighted by molar-refractivity contribution is -0.137. The first-order chi connectivity index (χ1) is 10.8. The molecule has 0 fully saturated rings. The van der Waals surface area contributed by atoms with Crippen LogP contribution in [0.1, 0.15) is 5.56 Å². The number of anilines is 2. The van der Waals surface area contributed by atoms with Crippen LogP contribution in [-0.2, 0) is 6.18 Å². The van der Waals surface area contributed by atoms with Crippen LogP contribution < -0.4 is 5.32 Å². The molecule has 23 heavy (non-hydrogen) atoms. The molecule has 3 rings (SSSR count). The third kappa shape index (κ3) is 3.08. The average Bonchev–Trinajstić information content (AvgIpc) is 2.48. The highest BCUT2D eigenvalue weighted by molar-refractivity contribution is 5.93. The molecule has 7 heteroatoms. The summed E-state index contributed by atoms with van der Waals surface area (Å²) in [5.74, 6) is -1.57. The molecule has 0 aliphatic heterocycles. The quantitative estimate of drug-likeness (QED) is 0.649. The predicted molar refractivity (Wildman–Crippen MR) is 76.4 cm³/mol. The Balaban J connectivity index is 1.99. The maximum atomic E-state index is 13.7. The molecule has 0 aliphatic carbocycles. The van der Waals surface area contributed by atoms with Crippen LogP contribution in [0.4, 0.5) is 33.3 Å². The average molecular weight is 324 g/mol. The van der Waals surface area contributed by atoms with Crippen LogP contribution in [0.25, 0.3) is 10.9 Å². The van der Waals surface area contributed by atoms with Crippen molar-refractivity contribution in [2.24, 2.45) is 0 Å². The van der Waals surface area contributed by atoms with Crippen LogP contribution >= 0.6 is 0 Å². The van der Waals surface area contributed by atoms with Gasteiger partial charge in [-0.15, -0.1) is 0 Å². The zero-order valence-electron chi connectivity index (χ0n) is 11.5. The smallest absolute Gasteiger partial charge is 0.355 e. The second kappa shape index (κ2) is 5.49. The lowest BCUT2D eigenvalue weighted by atomic mass is 10.1. The number of pyridine rings is 1. The number of fused-ring (bicyclic) bond motifs is 1. The molecule has 1 heterocycles. The van der Waals surface area contributed by atoms with Gasteiger partial charge in [0.05, 0.1) is 5.56 Å². The van der Waals surface area contributed by atoms with E-state index in [9.17, 15) is 22.0 Å². The molecular weight excluding hydrogens is 315 g/mol. The largest absolute Gasteiger partial charge is 0.416 e. The van der Waals surface area contributed by atoms with Gasteiger partial charge in [-0.05, 0) is 36.4 Å². The molecule has 1 N–H and O–H groups in total. The van der Waals surface area contributed by atoms with Gasteiger partial charge in [0.25, 0.3) is 0 Å². The van der Waals surface area contributed by atoms with E-state index in [-0.39, 0.29) is 10.9 Å². The normalized spacial score (nSPS) is 11.7. The summed E-state index contributed by atoms with van der Waals surface area (Å²) in [6.45, 7) is 0.